The molecule has 0 unspecified atom stereocenters. The van der Waals surface area contributed by atoms with Gasteiger partial charge in [-0.15, -0.1) is 0 Å². The van der Waals surface area contributed by atoms with E-state index in [9.17, 15) is 9.59 Å². The first-order valence-electron chi connectivity index (χ1n) is 9.91. The SMILES string of the molecule is CO[C@H]1CCC[C@@H](C(=O)N2CCC[C@@H]2c2cc3nc(C)c(C)c(=O)n3[nH]2)C1. The van der Waals surface area contributed by atoms with Gasteiger partial charge in [0.2, 0.25) is 5.91 Å². The third-order valence-electron chi connectivity index (χ3n) is 6.31. The van der Waals surface area contributed by atoms with Gasteiger partial charge >= 0.3 is 0 Å². The number of ether oxygens (including phenoxy) is 1. The Morgan fingerprint density at radius 2 is 2.07 bits per heavy atom. The number of rotatable bonds is 3. The molecule has 2 aliphatic rings. The Balaban J connectivity index is 1.61. The van der Waals surface area contributed by atoms with Gasteiger partial charge in [-0.3, -0.25) is 14.7 Å². The Kier molecular flexibility index (Phi) is 4.80. The number of carbonyl (C=O) groups excluding carboxylic acids is 1. The summed E-state index contributed by atoms with van der Waals surface area (Å²) >= 11 is 0. The zero-order valence-electron chi connectivity index (χ0n) is 16.3. The van der Waals surface area contributed by atoms with Gasteiger partial charge in [0.05, 0.1) is 17.8 Å². The minimum atomic E-state index is -0.0742. The first-order valence-corrected chi connectivity index (χ1v) is 9.91. The summed E-state index contributed by atoms with van der Waals surface area (Å²) in [6.07, 6.45) is 5.91. The standard InChI is InChI=1S/C20H28N4O3/c1-12-13(2)21-18-11-16(22-24(18)19(12)25)17-8-5-9-23(17)20(26)14-6-4-7-15(10-14)27-3/h11,14-15,17,22H,4-10H2,1-3H3/t14-,15+,17-/m1/s1. The molecular weight excluding hydrogens is 344 g/mol. The molecule has 27 heavy (non-hydrogen) atoms. The zero-order chi connectivity index (χ0) is 19.1. The van der Waals surface area contributed by atoms with Gasteiger partial charge in [0.1, 0.15) is 0 Å². The number of amides is 1. The van der Waals surface area contributed by atoms with Crippen molar-refractivity contribution in [2.75, 3.05) is 13.7 Å². The van der Waals surface area contributed by atoms with Crippen molar-refractivity contribution in [2.45, 2.75) is 64.5 Å². The van der Waals surface area contributed by atoms with E-state index < -0.39 is 0 Å². The molecule has 0 spiro atoms. The molecule has 3 heterocycles. The normalized spacial score (nSPS) is 26.0. The molecule has 2 aromatic heterocycles. The summed E-state index contributed by atoms with van der Waals surface area (Å²) < 4.78 is 7.00. The maximum absolute atomic E-state index is 13.2. The number of nitrogens with one attached hydrogen (secondary N) is 1. The third-order valence-corrected chi connectivity index (χ3v) is 6.31. The highest BCUT2D eigenvalue weighted by Gasteiger charge is 2.37. The lowest BCUT2D eigenvalue weighted by molar-refractivity contribution is -0.139. The molecule has 0 bridgehead atoms. The fourth-order valence-corrected chi connectivity index (χ4v) is 4.58. The van der Waals surface area contributed by atoms with E-state index in [0.29, 0.717) is 11.2 Å². The average Bonchev–Trinajstić information content (AvgIpc) is 3.32. The van der Waals surface area contributed by atoms with Crippen LogP contribution in [0.25, 0.3) is 5.65 Å². The second kappa shape index (κ2) is 7.11. The van der Waals surface area contributed by atoms with Gasteiger partial charge in [-0.25, -0.2) is 9.50 Å². The highest BCUT2D eigenvalue weighted by molar-refractivity contribution is 5.79. The van der Waals surface area contributed by atoms with E-state index in [1.54, 1.807) is 14.0 Å². The van der Waals surface area contributed by atoms with Crippen molar-refractivity contribution in [3.05, 3.63) is 33.4 Å². The van der Waals surface area contributed by atoms with Crippen LogP contribution in [0.3, 0.4) is 0 Å². The van der Waals surface area contributed by atoms with Crippen LogP contribution in [0.15, 0.2) is 10.9 Å². The Hall–Kier alpha value is -2.15. The molecule has 3 atom stereocenters. The zero-order valence-corrected chi connectivity index (χ0v) is 16.3. The molecule has 2 aromatic rings. The van der Waals surface area contributed by atoms with Crippen LogP contribution in [0.4, 0.5) is 0 Å². The number of aromatic amines is 1. The van der Waals surface area contributed by atoms with Crippen molar-refractivity contribution in [3.8, 4) is 0 Å². The predicted molar refractivity (Wildman–Crippen MR) is 102 cm³/mol. The second-order valence-corrected chi connectivity index (χ2v) is 7.94. The molecule has 2 fully saturated rings. The largest absolute Gasteiger partial charge is 0.381 e. The summed E-state index contributed by atoms with van der Waals surface area (Å²) in [6, 6.07) is 1.91. The smallest absolute Gasteiger partial charge is 0.275 e. The maximum atomic E-state index is 13.2. The van der Waals surface area contributed by atoms with E-state index in [0.717, 1.165) is 56.5 Å². The van der Waals surface area contributed by atoms with Crippen molar-refractivity contribution >= 4 is 11.6 Å². The van der Waals surface area contributed by atoms with Crippen LogP contribution in [-0.4, -0.2) is 45.2 Å². The number of methoxy groups -OCH3 is 1. The number of nitrogens with zero attached hydrogens (tertiary/aromatic N) is 3. The summed E-state index contributed by atoms with van der Waals surface area (Å²) in [5.74, 6) is 0.268. The van der Waals surface area contributed by atoms with Crippen LogP contribution in [0.1, 0.15) is 61.5 Å². The van der Waals surface area contributed by atoms with Crippen LogP contribution in [-0.2, 0) is 9.53 Å². The van der Waals surface area contributed by atoms with E-state index in [1.807, 2.05) is 17.9 Å². The van der Waals surface area contributed by atoms with Gasteiger partial charge in [0.15, 0.2) is 5.65 Å². The number of aryl methyl sites for hydroxylation is 1. The summed E-state index contributed by atoms with van der Waals surface area (Å²) in [5, 5.41) is 3.20. The topological polar surface area (TPSA) is 79.7 Å². The first kappa shape index (κ1) is 18.2. The number of aromatic nitrogens is 3. The number of fused-ring (bicyclic) bond motifs is 1. The molecule has 1 aliphatic heterocycles. The van der Waals surface area contributed by atoms with E-state index in [4.69, 9.17) is 4.74 Å². The van der Waals surface area contributed by atoms with Crippen LogP contribution in [0.2, 0.25) is 0 Å². The minimum absolute atomic E-state index is 0.0119. The highest BCUT2D eigenvalue weighted by Crippen LogP contribution is 2.36. The highest BCUT2D eigenvalue weighted by atomic mass is 16.5. The molecule has 146 valence electrons. The van der Waals surface area contributed by atoms with Gasteiger partial charge < -0.3 is 9.64 Å². The van der Waals surface area contributed by atoms with E-state index in [1.165, 1.54) is 4.52 Å². The lowest BCUT2D eigenvalue weighted by Gasteiger charge is -2.32. The number of hydrogen-bond acceptors (Lipinski definition) is 4. The number of carbonyl (C=O) groups is 1. The van der Waals surface area contributed by atoms with Crippen molar-refractivity contribution in [1.82, 2.24) is 19.5 Å². The van der Waals surface area contributed by atoms with Crippen molar-refractivity contribution in [2.24, 2.45) is 5.92 Å². The minimum Gasteiger partial charge on any atom is -0.381 e. The summed E-state index contributed by atoms with van der Waals surface area (Å²) in [5.41, 5.74) is 2.84. The average molecular weight is 372 g/mol. The monoisotopic (exact) mass is 372 g/mol. The fourth-order valence-electron chi connectivity index (χ4n) is 4.58. The van der Waals surface area contributed by atoms with Gasteiger partial charge in [0.25, 0.3) is 5.56 Å². The molecule has 0 aromatic carbocycles. The lowest BCUT2D eigenvalue weighted by Crippen LogP contribution is -2.39. The lowest BCUT2D eigenvalue weighted by atomic mass is 9.86. The predicted octanol–water partition coefficient (Wildman–Crippen LogP) is 2.51. The van der Waals surface area contributed by atoms with E-state index in [-0.39, 0.29) is 29.5 Å². The second-order valence-electron chi connectivity index (χ2n) is 7.94. The molecule has 4 rings (SSSR count). The molecule has 1 saturated heterocycles. The quantitative estimate of drug-likeness (QED) is 0.898. The molecule has 0 radical (unpaired) electrons. The third kappa shape index (κ3) is 3.18. The molecule has 7 heteroatoms. The number of hydrogen-bond donors (Lipinski definition) is 1. The maximum Gasteiger partial charge on any atom is 0.275 e. The molecular formula is C20H28N4O3. The Labute approximate surface area is 158 Å². The number of H-pyrrole nitrogens is 1. The van der Waals surface area contributed by atoms with Crippen molar-refractivity contribution in [3.63, 3.8) is 0 Å². The molecule has 7 nitrogen and oxygen atoms in total. The van der Waals surface area contributed by atoms with E-state index in [2.05, 4.69) is 10.1 Å². The van der Waals surface area contributed by atoms with E-state index >= 15 is 0 Å². The van der Waals surface area contributed by atoms with Crippen LogP contribution in [0, 0.1) is 19.8 Å². The van der Waals surface area contributed by atoms with Crippen LogP contribution < -0.4 is 5.56 Å². The summed E-state index contributed by atoms with van der Waals surface area (Å²) in [6.45, 7) is 4.41. The fraction of sp³-hybridized carbons (Fsp3) is 0.650. The first-order chi connectivity index (χ1) is 13.0. The Morgan fingerprint density at radius 1 is 1.26 bits per heavy atom. The Morgan fingerprint density at radius 3 is 2.85 bits per heavy atom. The van der Waals surface area contributed by atoms with Gasteiger partial charge in [-0.05, 0) is 46.0 Å². The molecule has 1 N–H and O–H groups in total. The molecule has 1 saturated carbocycles. The van der Waals surface area contributed by atoms with Crippen molar-refractivity contribution < 1.29 is 9.53 Å². The van der Waals surface area contributed by atoms with Crippen molar-refractivity contribution in [1.29, 1.82) is 0 Å². The van der Waals surface area contributed by atoms with Crippen LogP contribution >= 0.6 is 0 Å². The van der Waals surface area contributed by atoms with Gasteiger partial charge in [0, 0.05) is 36.9 Å². The Bertz CT molecular complexity index is 916. The summed E-state index contributed by atoms with van der Waals surface area (Å²) in [4.78, 5) is 32.2. The van der Waals surface area contributed by atoms with Gasteiger partial charge in [-0.1, -0.05) is 6.42 Å². The van der Waals surface area contributed by atoms with Gasteiger partial charge in [-0.2, -0.15) is 0 Å². The molecule has 1 aliphatic carbocycles. The van der Waals surface area contributed by atoms with Crippen LogP contribution in [0.5, 0.6) is 0 Å². The molecule has 1 amide bonds. The summed E-state index contributed by atoms with van der Waals surface area (Å²) in [7, 11) is 1.73. The number of likely N-dealkylation sites (tertiary alicyclic amines) is 1.